The first kappa shape index (κ1) is 16.5. The normalized spacial score (nSPS) is 23.6. The van der Waals surface area contributed by atoms with Gasteiger partial charge in [0, 0.05) is 24.1 Å². The van der Waals surface area contributed by atoms with Crippen LogP contribution in [0.2, 0.25) is 0 Å². The second-order valence-electron chi connectivity index (χ2n) is 5.81. The summed E-state index contributed by atoms with van der Waals surface area (Å²) in [6.07, 6.45) is 15.0. The molecular formula is C18H27NO. The Hall–Kier alpha value is -1.57. The molecule has 2 nitrogen and oxygen atoms in total. The maximum Gasteiger partial charge on any atom is 0.126 e. The van der Waals surface area contributed by atoms with Crippen LogP contribution in [0, 0.1) is 17.3 Å². The minimum Gasteiger partial charge on any atom is -0.388 e. The number of rotatable bonds is 6. The fourth-order valence-corrected chi connectivity index (χ4v) is 2.28. The minimum atomic E-state index is -0.0287. The summed E-state index contributed by atoms with van der Waals surface area (Å²) in [5.41, 5.74) is 2.43. The van der Waals surface area contributed by atoms with Crippen LogP contribution in [0.5, 0.6) is 0 Å². The average molecular weight is 273 g/mol. The van der Waals surface area contributed by atoms with Gasteiger partial charge in [-0.25, -0.2) is 0 Å². The summed E-state index contributed by atoms with van der Waals surface area (Å²) in [5.74, 6) is 0.366. The summed E-state index contributed by atoms with van der Waals surface area (Å²) in [7, 11) is 1.94. The van der Waals surface area contributed by atoms with Gasteiger partial charge in [-0.2, -0.15) is 0 Å². The largest absolute Gasteiger partial charge is 0.388 e. The standard InChI is InChI=1S/C18H27NO/c1-6-18(4,10-9-14(2)13-20)16-7-8-17(19-5)12-15(3)11-16/h7-15,19H,6H2,1-5H3/b10-9+. The molecule has 3 unspecified atom stereocenters. The smallest absolute Gasteiger partial charge is 0.126 e. The second kappa shape index (κ2) is 7.28. The fraction of sp³-hybridized carbons (Fsp3) is 0.500. The lowest BCUT2D eigenvalue weighted by Crippen LogP contribution is -2.15. The molecule has 0 radical (unpaired) electrons. The monoisotopic (exact) mass is 273 g/mol. The van der Waals surface area contributed by atoms with Gasteiger partial charge < -0.3 is 10.1 Å². The fourth-order valence-electron chi connectivity index (χ4n) is 2.28. The molecule has 1 aliphatic carbocycles. The van der Waals surface area contributed by atoms with Gasteiger partial charge in [0.15, 0.2) is 0 Å². The van der Waals surface area contributed by atoms with Crippen molar-refractivity contribution in [1.29, 1.82) is 0 Å². The van der Waals surface area contributed by atoms with Crippen LogP contribution in [0.25, 0.3) is 0 Å². The van der Waals surface area contributed by atoms with Crippen LogP contribution >= 0.6 is 0 Å². The number of likely N-dealkylation sites (N-methyl/N-ethyl adjacent to an activating group) is 1. The minimum absolute atomic E-state index is 0.0281. The molecule has 0 heterocycles. The summed E-state index contributed by atoms with van der Waals surface area (Å²) in [5, 5.41) is 3.20. The molecule has 1 N–H and O–H groups in total. The highest BCUT2D eigenvalue weighted by atomic mass is 16.1. The Morgan fingerprint density at radius 2 is 2.10 bits per heavy atom. The van der Waals surface area contributed by atoms with Gasteiger partial charge in [-0.05, 0) is 24.0 Å². The molecule has 2 heteroatoms. The Balaban J connectivity index is 3.06. The molecule has 0 fully saturated rings. The number of hydrogen-bond acceptors (Lipinski definition) is 2. The molecular weight excluding hydrogens is 246 g/mol. The van der Waals surface area contributed by atoms with E-state index in [0.717, 1.165) is 18.4 Å². The van der Waals surface area contributed by atoms with Crippen molar-refractivity contribution in [2.75, 3.05) is 7.05 Å². The van der Waals surface area contributed by atoms with Crippen LogP contribution in [0.15, 0.2) is 47.7 Å². The molecule has 0 aromatic rings. The lowest BCUT2D eigenvalue weighted by atomic mass is 9.77. The summed E-state index contributed by atoms with van der Waals surface area (Å²) >= 11 is 0. The predicted molar refractivity (Wildman–Crippen MR) is 86.3 cm³/mol. The summed E-state index contributed by atoms with van der Waals surface area (Å²) in [4.78, 5) is 10.8. The first-order chi connectivity index (χ1) is 9.45. The highest BCUT2D eigenvalue weighted by molar-refractivity contribution is 5.56. The Morgan fingerprint density at radius 1 is 1.40 bits per heavy atom. The van der Waals surface area contributed by atoms with Crippen molar-refractivity contribution >= 4 is 6.29 Å². The van der Waals surface area contributed by atoms with E-state index in [2.05, 4.69) is 56.5 Å². The maximum absolute atomic E-state index is 10.8. The van der Waals surface area contributed by atoms with Crippen molar-refractivity contribution in [2.45, 2.75) is 34.1 Å². The molecule has 0 saturated carbocycles. The molecule has 0 aliphatic heterocycles. The molecule has 3 atom stereocenters. The van der Waals surface area contributed by atoms with E-state index in [-0.39, 0.29) is 11.3 Å². The van der Waals surface area contributed by atoms with Gasteiger partial charge in [0.25, 0.3) is 0 Å². The molecule has 0 aromatic carbocycles. The highest BCUT2D eigenvalue weighted by Gasteiger charge is 2.23. The van der Waals surface area contributed by atoms with Crippen LogP contribution in [-0.4, -0.2) is 13.3 Å². The predicted octanol–water partition coefficient (Wildman–Crippen LogP) is 4.03. The molecule has 0 amide bonds. The van der Waals surface area contributed by atoms with Crippen LogP contribution in [0.3, 0.4) is 0 Å². The van der Waals surface area contributed by atoms with Gasteiger partial charge in [-0.3, -0.25) is 0 Å². The third-order valence-corrected chi connectivity index (χ3v) is 3.99. The number of nitrogens with one attached hydrogen (secondary N) is 1. The number of hydrogen-bond donors (Lipinski definition) is 1. The topological polar surface area (TPSA) is 29.1 Å². The summed E-state index contributed by atoms with van der Waals surface area (Å²) in [6, 6.07) is 0. The number of carbonyl (C=O) groups excluding carboxylic acids is 1. The zero-order valence-corrected chi connectivity index (χ0v) is 13.3. The van der Waals surface area contributed by atoms with Crippen molar-refractivity contribution in [3.05, 3.63) is 47.7 Å². The van der Waals surface area contributed by atoms with Crippen LogP contribution in [0.4, 0.5) is 0 Å². The van der Waals surface area contributed by atoms with E-state index in [1.165, 1.54) is 5.57 Å². The van der Waals surface area contributed by atoms with Crippen LogP contribution in [-0.2, 0) is 4.79 Å². The van der Waals surface area contributed by atoms with Gasteiger partial charge >= 0.3 is 0 Å². The Morgan fingerprint density at radius 3 is 2.65 bits per heavy atom. The molecule has 0 saturated heterocycles. The van der Waals surface area contributed by atoms with Gasteiger partial charge in [0.1, 0.15) is 6.29 Å². The molecule has 0 aromatic heterocycles. The van der Waals surface area contributed by atoms with Crippen LogP contribution < -0.4 is 5.32 Å². The second-order valence-corrected chi connectivity index (χ2v) is 5.81. The van der Waals surface area contributed by atoms with Crippen LogP contribution in [0.1, 0.15) is 34.1 Å². The molecule has 0 bridgehead atoms. The van der Waals surface area contributed by atoms with E-state index < -0.39 is 0 Å². The average Bonchev–Trinajstić information content (AvgIpc) is 2.65. The van der Waals surface area contributed by atoms with Gasteiger partial charge in [0.05, 0.1) is 0 Å². The van der Waals surface area contributed by atoms with E-state index in [0.29, 0.717) is 5.92 Å². The zero-order valence-electron chi connectivity index (χ0n) is 13.3. The number of carbonyl (C=O) groups is 1. The van der Waals surface area contributed by atoms with Crippen molar-refractivity contribution in [3.8, 4) is 0 Å². The van der Waals surface area contributed by atoms with E-state index >= 15 is 0 Å². The van der Waals surface area contributed by atoms with Crippen molar-refractivity contribution < 1.29 is 4.79 Å². The van der Waals surface area contributed by atoms with Crippen molar-refractivity contribution in [1.82, 2.24) is 5.32 Å². The van der Waals surface area contributed by atoms with E-state index in [4.69, 9.17) is 0 Å². The Bertz CT molecular complexity index is 456. The maximum atomic E-state index is 10.8. The van der Waals surface area contributed by atoms with Crippen molar-refractivity contribution in [2.24, 2.45) is 17.3 Å². The third kappa shape index (κ3) is 4.22. The molecule has 0 spiro atoms. The molecule has 20 heavy (non-hydrogen) atoms. The lowest BCUT2D eigenvalue weighted by molar-refractivity contribution is -0.109. The number of aldehydes is 1. The first-order valence-corrected chi connectivity index (χ1v) is 7.39. The summed E-state index contributed by atoms with van der Waals surface area (Å²) < 4.78 is 0. The highest BCUT2D eigenvalue weighted by Crippen LogP contribution is 2.36. The van der Waals surface area contributed by atoms with Gasteiger partial charge in [0.2, 0.25) is 0 Å². The summed E-state index contributed by atoms with van der Waals surface area (Å²) in [6.45, 7) is 8.53. The zero-order chi connectivity index (χ0) is 15.2. The number of allylic oxidation sites excluding steroid dienone is 7. The quantitative estimate of drug-likeness (QED) is 0.585. The van der Waals surface area contributed by atoms with E-state index in [1.54, 1.807) is 0 Å². The van der Waals surface area contributed by atoms with Gasteiger partial charge in [-0.15, -0.1) is 0 Å². The molecule has 1 rings (SSSR count). The first-order valence-electron chi connectivity index (χ1n) is 7.39. The van der Waals surface area contributed by atoms with E-state index in [9.17, 15) is 4.79 Å². The molecule has 1 aliphatic rings. The Labute approximate surface area is 123 Å². The molecule has 110 valence electrons. The van der Waals surface area contributed by atoms with Gasteiger partial charge in [-0.1, -0.05) is 58.1 Å². The Kier molecular flexibility index (Phi) is 6.00. The lowest BCUT2D eigenvalue weighted by Gasteiger charge is -2.27. The van der Waals surface area contributed by atoms with E-state index in [1.807, 2.05) is 20.0 Å². The SMILES string of the molecule is CCC(C)(/C=C/C(C)C=O)C1=CC(C)C=C(NC)C=C1. The van der Waals surface area contributed by atoms with Crippen molar-refractivity contribution in [3.63, 3.8) is 0 Å². The third-order valence-electron chi connectivity index (χ3n) is 3.99.